The van der Waals surface area contributed by atoms with Crippen LogP contribution in [0.4, 0.5) is 4.39 Å². The number of carbonyl (C=O) groups is 1. The highest BCUT2D eigenvalue weighted by atomic mass is 32.2. The van der Waals surface area contributed by atoms with Gasteiger partial charge < -0.3 is 5.32 Å². The van der Waals surface area contributed by atoms with Crippen LogP contribution in [-0.2, 0) is 21.4 Å². The smallest absolute Gasteiger partial charge is 0.255 e. The molecule has 0 spiro atoms. The standard InChI is InChI=1S/C23H22FN5O3S/c1-2-15-6-11-19(23(30)26-13-17-4-3-5-22(28-17)33(25,31)32)20-14-27-29(21(20)12-15)18-9-7-16(24)8-10-18/h3-5,7-12,14H,2,6,13H2,1H3,(H,26,30)(H2,25,31,32). The zero-order chi connectivity index (χ0) is 23.6. The van der Waals surface area contributed by atoms with Gasteiger partial charge in [0.1, 0.15) is 5.82 Å². The lowest BCUT2D eigenvalue weighted by molar-refractivity contribution is -0.115. The van der Waals surface area contributed by atoms with Crippen molar-refractivity contribution in [1.29, 1.82) is 0 Å². The predicted molar refractivity (Wildman–Crippen MR) is 122 cm³/mol. The summed E-state index contributed by atoms with van der Waals surface area (Å²) in [6, 6.07) is 10.4. The maximum absolute atomic E-state index is 13.4. The molecule has 10 heteroatoms. The minimum atomic E-state index is -3.94. The van der Waals surface area contributed by atoms with E-state index in [-0.39, 0.29) is 23.3 Å². The van der Waals surface area contributed by atoms with Crippen LogP contribution in [0.3, 0.4) is 0 Å². The molecule has 0 saturated heterocycles. The second-order valence-corrected chi connectivity index (χ2v) is 9.01. The van der Waals surface area contributed by atoms with Gasteiger partial charge in [-0.3, -0.25) is 4.79 Å². The van der Waals surface area contributed by atoms with E-state index in [1.807, 2.05) is 19.1 Å². The van der Waals surface area contributed by atoms with Crippen molar-refractivity contribution in [3.05, 3.63) is 83.1 Å². The van der Waals surface area contributed by atoms with Gasteiger partial charge in [0.05, 0.1) is 29.8 Å². The van der Waals surface area contributed by atoms with Crippen molar-refractivity contribution in [2.24, 2.45) is 5.14 Å². The maximum atomic E-state index is 13.4. The van der Waals surface area contributed by atoms with E-state index in [9.17, 15) is 17.6 Å². The van der Waals surface area contributed by atoms with E-state index < -0.39 is 10.0 Å². The fourth-order valence-electron chi connectivity index (χ4n) is 3.53. The highest BCUT2D eigenvalue weighted by Crippen LogP contribution is 2.30. The molecule has 0 aliphatic heterocycles. The Hall–Kier alpha value is -3.63. The largest absolute Gasteiger partial charge is 0.346 e. The van der Waals surface area contributed by atoms with E-state index in [2.05, 4.69) is 15.4 Å². The SMILES string of the molecule is CCC1=Cc2c(cnn2-c2ccc(F)cc2)C(C(=O)NCc2cccc(S(N)(=O)=O)n2)=CC1. The number of hydrogen-bond donors (Lipinski definition) is 2. The van der Waals surface area contributed by atoms with E-state index in [1.165, 1.54) is 24.3 Å². The number of aromatic nitrogens is 3. The molecule has 2 heterocycles. The first-order valence-electron chi connectivity index (χ1n) is 10.3. The highest BCUT2D eigenvalue weighted by molar-refractivity contribution is 7.89. The summed E-state index contributed by atoms with van der Waals surface area (Å²) < 4.78 is 38.1. The van der Waals surface area contributed by atoms with E-state index >= 15 is 0 Å². The summed E-state index contributed by atoms with van der Waals surface area (Å²) in [6.07, 6.45) is 6.85. The third-order valence-corrected chi connectivity index (χ3v) is 6.09. The van der Waals surface area contributed by atoms with Gasteiger partial charge in [-0.1, -0.05) is 24.6 Å². The summed E-state index contributed by atoms with van der Waals surface area (Å²) in [6.45, 7) is 2.06. The third kappa shape index (κ3) is 4.91. The van der Waals surface area contributed by atoms with Gasteiger partial charge in [0.15, 0.2) is 5.03 Å². The number of rotatable bonds is 6. The van der Waals surface area contributed by atoms with Gasteiger partial charge in [0.2, 0.25) is 0 Å². The Labute approximate surface area is 190 Å². The number of pyridine rings is 1. The van der Waals surface area contributed by atoms with Gasteiger partial charge in [0, 0.05) is 11.1 Å². The number of halogens is 1. The van der Waals surface area contributed by atoms with E-state index in [0.717, 1.165) is 17.7 Å². The first kappa shape index (κ1) is 22.6. The number of nitrogens with one attached hydrogen (secondary N) is 1. The van der Waals surface area contributed by atoms with Gasteiger partial charge in [-0.2, -0.15) is 5.10 Å². The highest BCUT2D eigenvalue weighted by Gasteiger charge is 2.22. The molecule has 3 N–H and O–H groups in total. The molecule has 170 valence electrons. The van der Waals surface area contributed by atoms with Crippen molar-refractivity contribution in [2.75, 3.05) is 0 Å². The summed E-state index contributed by atoms with van der Waals surface area (Å²) in [5.41, 5.74) is 3.97. The van der Waals surface area contributed by atoms with E-state index in [0.29, 0.717) is 28.9 Å². The number of amides is 1. The zero-order valence-electron chi connectivity index (χ0n) is 17.8. The fourth-order valence-corrected chi connectivity index (χ4v) is 4.04. The van der Waals surface area contributed by atoms with Gasteiger partial charge in [-0.15, -0.1) is 0 Å². The zero-order valence-corrected chi connectivity index (χ0v) is 18.6. The topological polar surface area (TPSA) is 120 Å². The van der Waals surface area contributed by atoms with Crippen LogP contribution in [0.5, 0.6) is 0 Å². The molecule has 0 fully saturated rings. The fraction of sp³-hybridized carbons (Fsp3) is 0.174. The molecular weight excluding hydrogens is 445 g/mol. The summed E-state index contributed by atoms with van der Waals surface area (Å²) in [5, 5.41) is 12.1. The van der Waals surface area contributed by atoms with Crippen LogP contribution in [0, 0.1) is 5.82 Å². The minimum Gasteiger partial charge on any atom is -0.346 e. The van der Waals surface area contributed by atoms with Crippen LogP contribution >= 0.6 is 0 Å². The van der Waals surface area contributed by atoms with Crippen LogP contribution < -0.4 is 10.5 Å². The van der Waals surface area contributed by atoms with Crippen molar-refractivity contribution in [1.82, 2.24) is 20.1 Å². The number of sulfonamides is 1. The molecule has 3 aromatic rings. The molecule has 0 atom stereocenters. The average molecular weight is 468 g/mol. The van der Waals surface area contributed by atoms with Gasteiger partial charge >= 0.3 is 0 Å². The predicted octanol–water partition coefficient (Wildman–Crippen LogP) is 2.95. The lowest BCUT2D eigenvalue weighted by Gasteiger charge is -2.10. The Bertz CT molecular complexity index is 1380. The molecule has 2 aromatic heterocycles. The Balaban J connectivity index is 1.63. The number of nitrogens with zero attached hydrogens (tertiary/aromatic N) is 3. The Morgan fingerprint density at radius 3 is 2.67 bits per heavy atom. The molecule has 1 aromatic carbocycles. The first-order chi connectivity index (χ1) is 15.8. The number of allylic oxidation sites excluding steroid dienone is 2. The monoisotopic (exact) mass is 467 g/mol. The average Bonchev–Trinajstić information content (AvgIpc) is 3.10. The normalized spacial score (nSPS) is 13.5. The second kappa shape index (κ2) is 9.08. The number of fused-ring (bicyclic) bond motifs is 1. The molecule has 1 amide bonds. The Kier molecular flexibility index (Phi) is 6.21. The van der Waals surface area contributed by atoms with Gasteiger partial charge in [-0.05, 0) is 55.3 Å². The molecular formula is C23H22FN5O3S. The van der Waals surface area contributed by atoms with Crippen molar-refractivity contribution >= 4 is 27.6 Å². The third-order valence-electron chi connectivity index (χ3n) is 5.28. The molecule has 4 rings (SSSR count). The summed E-state index contributed by atoms with van der Waals surface area (Å²) >= 11 is 0. The lowest BCUT2D eigenvalue weighted by Crippen LogP contribution is -2.25. The number of benzene rings is 1. The Morgan fingerprint density at radius 1 is 1.21 bits per heavy atom. The quantitative estimate of drug-likeness (QED) is 0.578. The van der Waals surface area contributed by atoms with Crippen molar-refractivity contribution in [2.45, 2.75) is 31.3 Å². The van der Waals surface area contributed by atoms with Crippen LogP contribution in [0.15, 0.2) is 65.3 Å². The molecule has 0 saturated carbocycles. The number of nitrogens with two attached hydrogens (primary N) is 1. The molecule has 1 aliphatic rings. The molecule has 0 bridgehead atoms. The molecule has 8 nitrogen and oxygen atoms in total. The van der Waals surface area contributed by atoms with Crippen molar-refractivity contribution < 1.29 is 17.6 Å². The van der Waals surface area contributed by atoms with Crippen molar-refractivity contribution in [3.8, 4) is 5.69 Å². The molecule has 1 aliphatic carbocycles. The second-order valence-electron chi connectivity index (χ2n) is 7.50. The Morgan fingerprint density at radius 2 is 1.97 bits per heavy atom. The number of carbonyl (C=O) groups excluding carboxylic acids is 1. The molecule has 33 heavy (non-hydrogen) atoms. The molecule has 0 radical (unpaired) electrons. The van der Waals surface area contributed by atoms with Crippen LogP contribution in [0.1, 0.15) is 36.7 Å². The van der Waals surface area contributed by atoms with Gasteiger partial charge in [0.25, 0.3) is 15.9 Å². The van der Waals surface area contributed by atoms with E-state index in [4.69, 9.17) is 5.14 Å². The van der Waals surface area contributed by atoms with Crippen molar-refractivity contribution in [3.63, 3.8) is 0 Å². The lowest BCUT2D eigenvalue weighted by atomic mass is 10.1. The molecule has 0 unspecified atom stereocenters. The summed E-state index contributed by atoms with van der Waals surface area (Å²) in [5.74, 6) is -0.690. The number of primary sulfonamides is 1. The van der Waals surface area contributed by atoms with Crippen LogP contribution in [0.2, 0.25) is 0 Å². The summed E-state index contributed by atoms with van der Waals surface area (Å²) in [4.78, 5) is 17.1. The number of hydrogen-bond acceptors (Lipinski definition) is 5. The van der Waals surface area contributed by atoms with E-state index in [1.54, 1.807) is 29.1 Å². The van der Waals surface area contributed by atoms with Gasteiger partial charge in [-0.25, -0.2) is 27.6 Å². The summed E-state index contributed by atoms with van der Waals surface area (Å²) in [7, 11) is -3.94. The minimum absolute atomic E-state index is 0.0228. The van der Waals surface area contributed by atoms with Crippen LogP contribution in [-0.4, -0.2) is 29.1 Å². The van der Waals surface area contributed by atoms with Crippen LogP contribution in [0.25, 0.3) is 17.3 Å². The maximum Gasteiger partial charge on any atom is 0.255 e. The first-order valence-corrected chi connectivity index (χ1v) is 11.8.